The lowest BCUT2D eigenvalue weighted by atomic mass is 10.1. The maximum Gasteiger partial charge on any atom is 0.227 e. The summed E-state index contributed by atoms with van der Waals surface area (Å²) < 4.78 is 16.9. The van der Waals surface area contributed by atoms with Crippen LogP contribution in [-0.2, 0) is 22.6 Å². The topological polar surface area (TPSA) is 68.7 Å². The summed E-state index contributed by atoms with van der Waals surface area (Å²) in [7, 11) is 3.76. The molecular formula is C24H28N4O3S. The lowest BCUT2D eigenvalue weighted by Gasteiger charge is -2.19. The van der Waals surface area contributed by atoms with Crippen molar-refractivity contribution < 1.29 is 14.2 Å². The first-order valence-corrected chi connectivity index (χ1v) is 11.4. The highest BCUT2D eigenvalue weighted by atomic mass is 32.1. The minimum atomic E-state index is 0.505. The third-order valence-electron chi connectivity index (χ3n) is 4.91. The lowest BCUT2D eigenvalue weighted by molar-refractivity contribution is 0.145. The fourth-order valence-corrected chi connectivity index (χ4v) is 4.26. The highest BCUT2D eigenvalue weighted by Gasteiger charge is 2.11. The second-order valence-corrected chi connectivity index (χ2v) is 8.67. The number of likely N-dealkylation sites (N-methyl/N-ethyl adjacent to an activating group) is 1. The van der Waals surface area contributed by atoms with Crippen LogP contribution in [0.4, 0.5) is 11.6 Å². The Morgan fingerprint density at radius 1 is 1.16 bits per heavy atom. The number of rotatable bonds is 4. The van der Waals surface area contributed by atoms with Crippen molar-refractivity contribution in [2.45, 2.75) is 13.2 Å². The zero-order valence-electron chi connectivity index (χ0n) is 18.4. The molecule has 6 bridgehead atoms. The van der Waals surface area contributed by atoms with Crippen molar-refractivity contribution in [1.29, 1.82) is 0 Å². The Balaban J connectivity index is 1.64. The first-order chi connectivity index (χ1) is 15.7. The second kappa shape index (κ2) is 11.2. The van der Waals surface area contributed by atoms with Crippen molar-refractivity contribution in [3.8, 4) is 16.3 Å². The van der Waals surface area contributed by atoms with Gasteiger partial charge in [-0.2, -0.15) is 0 Å². The Labute approximate surface area is 192 Å². The Kier molecular flexibility index (Phi) is 7.84. The SMILES string of the molecule is COCCOc1ccc2cc1CN(C)C/C=C\COCc1ccc(s1)-c1ccnc(n1)N2. The monoisotopic (exact) mass is 452 g/mol. The van der Waals surface area contributed by atoms with E-state index in [0.717, 1.165) is 40.7 Å². The van der Waals surface area contributed by atoms with E-state index < -0.39 is 0 Å². The van der Waals surface area contributed by atoms with Crippen LogP contribution in [0.25, 0.3) is 10.6 Å². The van der Waals surface area contributed by atoms with E-state index in [9.17, 15) is 0 Å². The lowest BCUT2D eigenvalue weighted by Crippen LogP contribution is -2.19. The molecule has 0 amide bonds. The quantitative estimate of drug-likeness (QED) is 0.462. The number of thiophene rings is 1. The molecule has 0 spiro atoms. The summed E-state index contributed by atoms with van der Waals surface area (Å²) in [5.74, 6) is 1.41. The molecule has 0 saturated carbocycles. The van der Waals surface area contributed by atoms with Crippen molar-refractivity contribution in [2.75, 3.05) is 45.8 Å². The average molecular weight is 453 g/mol. The molecule has 3 heterocycles. The van der Waals surface area contributed by atoms with Gasteiger partial charge in [0.15, 0.2) is 0 Å². The summed E-state index contributed by atoms with van der Waals surface area (Å²) in [5.41, 5.74) is 2.89. The van der Waals surface area contributed by atoms with E-state index >= 15 is 0 Å². The normalized spacial score (nSPS) is 15.9. The van der Waals surface area contributed by atoms with E-state index in [1.807, 2.05) is 18.2 Å². The van der Waals surface area contributed by atoms with Crippen LogP contribution in [0.15, 0.2) is 54.7 Å². The van der Waals surface area contributed by atoms with Gasteiger partial charge in [0.1, 0.15) is 12.4 Å². The van der Waals surface area contributed by atoms with Gasteiger partial charge in [0.2, 0.25) is 5.95 Å². The molecule has 0 saturated heterocycles. The predicted molar refractivity (Wildman–Crippen MR) is 128 cm³/mol. The van der Waals surface area contributed by atoms with Gasteiger partial charge in [0, 0.05) is 42.5 Å². The van der Waals surface area contributed by atoms with Gasteiger partial charge in [-0.3, -0.25) is 4.90 Å². The predicted octanol–water partition coefficient (Wildman–Crippen LogP) is 4.49. The molecule has 1 aliphatic rings. The molecule has 0 radical (unpaired) electrons. The Morgan fingerprint density at radius 2 is 2.09 bits per heavy atom. The van der Waals surface area contributed by atoms with E-state index in [0.29, 0.717) is 32.4 Å². The van der Waals surface area contributed by atoms with Crippen LogP contribution in [0.2, 0.25) is 0 Å². The Morgan fingerprint density at radius 3 is 3.00 bits per heavy atom. The molecule has 0 fully saturated rings. The molecule has 3 aromatic rings. The number of hydrogen-bond donors (Lipinski definition) is 1. The van der Waals surface area contributed by atoms with E-state index in [-0.39, 0.29) is 0 Å². The van der Waals surface area contributed by atoms with E-state index in [1.165, 1.54) is 4.88 Å². The van der Waals surface area contributed by atoms with Crippen LogP contribution in [0.5, 0.6) is 5.75 Å². The van der Waals surface area contributed by atoms with Crippen LogP contribution >= 0.6 is 11.3 Å². The molecule has 0 unspecified atom stereocenters. The molecule has 0 aliphatic carbocycles. The van der Waals surface area contributed by atoms with E-state index in [2.05, 4.69) is 52.6 Å². The summed E-state index contributed by atoms with van der Waals surface area (Å²) >= 11 is 1.69. The van der Waals surface area contributed by atoms with E-state index in [1.54, 1.807) is 24.6 Å². The molecule has 168 valence electrons. The maximum atomic E-state index is 5.95. The number of hydrogen-bond acceptors (Lipinski definition) is 8. The minimum Gasteiger partial charge on any atom is -0.491 e. The van der Waals surface area contributed by atoms with Crippen molar-refractivity contribution in [2.24, 2.45) is 0 Å². The molecule has 32 heavy (non-hydrogen) atoms. The third kappa shape index (κ3) is 6.14. The molecule has 1 N–H and O–H groups in total. The summed E-state index contributed by atoms with van der Waals surface area (Å²) in [4.78, 5) is 13.6. The number of benzene rings is 1. The van der Waals surface area contributed by atoms with Crippen molar-refractivity contribution in [3.05, 3.63) is 65.2 Å². The van der Waals surface area contributed by atoms with Crippen molar-refractivity contribution in [3.63, 3.8) is 0 Å². The molecule has 2 aromatic heterocycles. The first kappa shape index (κ1) is 22.4. The Bertz CT molecular complexity index is 1050. The van der Waals surface area contributed by atoms with Crippen molar-refractivity contribution >= 4 is 23.0 Å². The fourth-order valence-electron chi connectivity index (χ4n) is 3.34. The number of anilines is 2. The highest BCUT2D eigenvalue weighted by molar-refractivity contribution is 7.15. The summed E-state index contributed by atoms with van der Waals surface area (Å²) in [6.45, 7) is 3.78. The molecule has 8 heteroatoms. The van der Waals surface area contributed by atoms with Crippen LogP contribution in [0.3, 0.4) is 0 Å². The molecule has 4 rings (SSSR count). The fraction of sp³-hybridized carbons (Fsp3) is 0.333. The molecular weight excluding hydrogens is 424 g/mol. The Hall–Kier alpha value is -2.78. The summed E-state index contributed by atoms with van der Waals surface area (Å²) in [6.07, 6.45) is 5.98. The smallest absolute Gasteiger partial charge is 0.227 e. The van der Waals surface area contributed by atoms with Crippen molar-refractivity contribution in [1.82, 2.24) is 14.9 Å². The van der Waals surface area contributed by atoms with Crippen LogP contribution in [0.1, 0.15) is 10.4 Å². The number of ether oxygens (including phenoxy) is 3. The molecule has 0 atom stereocenters. The van der Waals surface area contributed by atoms with Gasteiger partial charge >= 0.3 is 0 Å². The van der Waals surface area contributed by atoms with Gasteiger partial charge in [0.05, 0.1) is 30.4 Å². The average Bonchev–Trinajstić information content (AvgIpc) is 3.26. The van der Waals surface area contributed by atoms with Crippen LogP contribution in [0, 0.1) is 0 Å². The minimum absolute atomic E-state index is 0.505. The van der Waals surface area contributed by atoms with Gasteiger partial charge < -0.3 is 19.5 Å². The largest absolute Gasteiger partial charge is 0.491 e. The third-order valence-corrected chi connectivity index (χ3v) is 5.99. The van der Waals surface area contributed by atoms with Crippen LogP contribution in [-0.4, -0.2) is 55.4 Å². The zero-order valence-corrected chi connectivity index (χ0v) is 19.2. The highest BCUT2D eigenvalue weighted by Crippen LogP contribution is 2.29. The zero-order chi connectivity index (χ0) is 22.2. The number of nitrogens with zero attached hydrogens (tertiary/aromatic N) is 3. The number of nitrogens with one attached hydrogen (secondary N) is 1. The second-order valence-electron chi connectivity index (χ2n) is 7.50. The number of fused-ring (bicyclic) bond motifs is 7. The summed E-state index contributed by atoms with van der Waals surface area (Å²) in [6, 6.07) is 12.2. The van der Waals surface area contributed by atoms with Gasteiger partial charge in [-0.1, -0.05) is 12.2 Å². The molecule has 7 nitrogen and oxygen atoms in total. The van der Waals surface area contributed by atoms with Gasteiger partial charge in [-0.25, -0.2) is 9.97 Å². The molecule has 1 aromatic carbocycles. The van der Waals surface area contributed by atoms with Gasteiger partial charge in [-0.05, 0) is 43.4 Å². The maximum absolute atomic E-state index is 5.95. The first-order valence-electron chi connectivity index (χ1n) is 10.6. The summed E-state index contributed by atoms with van der Waals surface area (Å²) in [5, 5.41) is 3.34. The number of aromatic nitrogens is 2. The van der Waals surface area contributed by atoms with Gasteiger partial charge in [-0.15, -0.1) is 11.3 Å². The molecule has 1 aliphatic heterocycles. The van der Waals surface area contributed by atoms with E-state index in [4.69, 9.17) is 19.2 Å². The standard InChI is InChI=1S/C24H28N4O3S/c1-28-11-3-4-12-30-17-20-6-8-23(32-20)21-9-10-25-24(27-21)26-19-5-7-22(18(15-19)16-28)31-14-13-29-2/h3-10,15H,11-14,16-17H2,1-2H3,(H,25,26,27)/b4-3-. The number of methoxy groups -OCH3 is 1. The van der Waals surface area contributed by atoms with Gasteiger partial charge in [0.25, 0.3) is 0 Å². The van der Waals surface area contributed by atoms with Crippen LogP contribution < -0.4 is 10.1 Å².